The van der Waals surface area contributed by atoms with Crippen molar-refractivity contribution in [2.75, 3.05) is 39.2 Å². The van der Waals surface area contributed by atoms with Gasteiger partial charge in [0.05, 0.1) is 19.8 Å². The molecule has 2 N–H and O–H groups in total. The molecule has 2 aliphatic rings. The second-order valence-electron chi connectivity index (χ2n) is 8.81. The van der Waals surface area contributed by atoms with Crippen LogP contribution in [0.3, 0.4) is 0 Å². The Morgan fingerprint density at radius 1 is 0.939 bits per heavy atom. The molecule has 176 valence electrons. The quantitative estimate of drug-likeness (QED) is 0.666. The van der Waals surface area contributed by atoms with Gasteiger partial charge in [0.25, 0.3) is 11.8 Å². The van der Waals surface area contributed by atoms with Crippen LogP contribution in [0.15, 0.2) is 42.5 Å². The molecular weight excluding hydrogens is 418 g/mol. The van der Waals surface area contributed by atoms with E-state index in [1.165, 1.54) is 52.3 Å². The van der Waals surface area contributed by atoms with E-state index in [1.54, 1.807) is 49.6 Å². The molecule has 0 aromatic heterocycles. The monoisotopic (exact) mass is 451 g/mol. The summed E-state index contributed by atoms with van der Waals surface area (Å²) in [6, 6.07) is 12.6. The molecule has 2 aromatic carbocycles. The van der Waals surface area contributed by atoms with Crippen LogP contribution in [0.2, 0.25) is 0 Å². The van der Waals surface area contributed by atoms with Crippen LogP contribution in [0.4, 0.5) is 5.69 Å². The van der Waals surface area contributed by atoms with Gasteiger partial charge in [-0.2, -0.15) is 0 Å². The molecule has 2 heterocycles. The molecule has 0 saturated carbocycles. The van der Waals surface area contributed by atoms with Crippen molar-refractivity contribution in [2.45, 2.75) is 38.1 Å². The highest BCUT2D eigenvalue weighted by Crippen LogP contribution is 2.30. The smallest absolute Gasteiger partial charge is 0.259 e. The fraction of sp³-hybridized carbons (Fsp3) is 0.462. The molecule has 7 heteroatoms. The zero-order valence-corrected chi connectivity index (χ0v) is 19.4. The van der Waals surface area contributed by atoms with Crippen molar-refractivity contribution in [3.8, 4) is 11.5 Å². The van der Waals surface area contributed by atoms with Gasteiger partial charge in [-0.3, -0.25) is 9.59 Å². The van der Waals surface area contributed by atoms with Gasteiger partial charge >= 0.3 is 0 Å². The molecule has 2 amide bonds. The summed E-state index contributed by atoms with van der Waals surface area (Å²) in [4.78, 5) is 28.0. The molecule has 2 saturated heterocycles. The van der Waals surface area contributed by atoms with Gasteiger partial charge in [0.1, 0.15) is 11.5 Å². The summed E-state index contributed by atoms with van der Waals surface area (Å²) in [7, 11) is 3.07. The van der Waals surface area contributed by atoms with Gasteiger partial charge in [-0.25, -0.2) is 0 Å². The molecule has 7 nitrogen and oxygen atoms in total. The van der Waals surface area contributed by atoms with Gasteiger partial charge in [-0.15, -0.1) is 0 Å². The SMILES string of the molecule is COc1ccc(C(=O)Nc2ccc(C(=O)NC[C@@H]3CCCN4CCCC[C@H]34)cc2)c(OC)c1. The first-order valence-electron chi connectivity index (χ1n) is 11.7. The summed E-state index contributed by atoms with van der Waals surface area (Å²) in [5.41, 5.74) is 1.61. The van der Waals surface area contributed by atoms with E-state index in [-0.39, 0.29) is 11.8 Å². The molecule has 2 fully saturated rings. The number of anilines is 1. The maximum Gasteiger partial charge on any atom is 0.259 e. The minimum Gasteiger partial charge on any atom is -0.497 e. The van der Waals surface area contributed by atoms with Gasteiger partial charge in [0.15, 0.2) is 0 Å². The van der Waals surface area contributed by atoms with E-state index >= 15 is 0 Å². The largest absolute Gasteiger partial charge is 0.497 e. The molecule has 0 spiro atoms. The molecule has 4 rings (SSSR count). The highest BCUT2D eigenvalue weighted by atomic mass is 16.5. The maximum absolute atomic E-state index is 12.7. The average Bonchev–Trinajstić information content (AvgIpc) is 2.87. The predicted molar refractivity (Wildman–Crippen MR) is 128 cm³/mol. The normalized spacial score (nSPS) is 20.4. The lowest BCUT2D eigenvalue weighted by molar-refractivity contribution is 0.0575. The van der Waals surface area contributed by atoms with Crippen molar-refractivity contribution < 1.29 is 19.1 Å². The van der Waals surface area contributed by atoms with Gasteiger partial charge < -0.3 is 25.0 Å². The number of benzene rings is 2. The maximum atomic E-state index is 12.7. The minimum atomic E-state index is -0.291. The number of nitrogens with one attached hydrogen (secondary N) is 2. The van der Waals surface area contributed by atoms with Crippen molar-refractivity contribution in [1.82, 2.24) is 10.2 Å². The van der Waals surface area contributed by atoms with Crippen LogP contribution in [-0.4, -0.2) is 56.6 Å². The number of methoxy groups -OCH3 is 2. The molecule has 0 aliphatic carbocycles. The molecule has 0 unspecified atom stereocenters. The first kappa shape index (κ1) is 23.1. The number of nitrogens with zero attached hydrogens (tertiary/aromatic N) is 1. The van der Waals surface area contributed by atoms with E-state index < -0.39 is 0 Å². The average molecular weight is 452 g/mol. The van der Waals surface area contributed by atoms with Gasteiger partial charge in [0, 0.05) is 29.9 Å². The molecule has 0 radical (unpaired) electrons. The van der Waals surface area contributed by atoms with Crippen molar-refractivity contribution in [3.05, 3.63) is 53.6 Å². The molecule has 2 aliphatic heterocycles. The predicted octanol–water partition coefficient (Wildman–Crippen LogP) is 3.95. The highest BCUT2D eigenvalue weighted by Gasteiger charge is 2.32. The number of hydrogen-bond donors (Lipinski definition) is 2. The van der Waals surface area contributed by atoms with Crippen LogP contribution < -0.4 is 20.1 Å². The molecule has 2 aromatic rings. The van der Waals surface area contributed by atoms with Crippen molar-refractivity contribution in [2.24, 2.45) is 5.92 Å². The molecule has 2 atom stereocenters. The number of carbonyl (C=O) groups is 2. The standard InChI is InChI=1S/C26H33N3O4/c1-32-21-12-13-22(24(16-21)33-2)26(31)28-20-10-8-18(9-11-20)25(30)27-17-19-6-5-15-29-14-4-3-7-23(19)29/h8-13,16,19,23H,3-7,14-15,17H2,1-2H3,(H,27,30)(H,28,31)/t19-,23+/m0/s1. The Morgan fingerprint density at radius 2 is 1.73 bits per heavy atom. The lowest BCUT2D eigenvalue weighted by Gasteiger charge is -2.44. The van der Waals surface area contributed by atoms with Gasteiger partial charge in [-0.05, 0) is 81.1 Å². The Hall–Kier alpha value is -3.06. The Balaban J connectivity index is 1.33. The van der Waals surface area contributed by atoms with Gasteiger partial charge in [0.2, 0.25) is 0 Å². The number of hydrogen-bond acceptors (Lipinski definition) is 5. The summed E-state index contributed by atoms with van der Waals surface area (Å²) in [6.07, 6.45) is 6.23. The van der Waals surface area contributed by atoms with E-state index in [2.05, 4.69) is 15.5 Å². The third kappa shape index (κ3) is 5.47. The van der Waals surface area contributed by atoms with E-state index in [0.717, 1.165) is 6.54 Å². The van der Waals surface area contributed by atoms with Crippen LogP contribution in [0, 0.1) is 5.92 Å². The van der Waals surface area contributed by atoms with Crippen LogP contribution in [0.25, 0.3) is 0 Å². The lowest BCUT2D eigenvalue weighted by atomic mass is 9.83. The van der Waals surface area contributed by atoms with Crippen molar-refractivity contribution in [3.63, 3.8) is 0 Å². The number of rotatable bonds is 7. The van der Waals surface area contributed by atoms with E-state index in [0.29, 0.717) is 40.3 Å². The Kier molecular flexibility index (Phi) is 7.50. The lowest BCUT2D eigenvalue weighted by Crippen LogP contribution is -2.51. The third-order valence-electron chi connectivity index (χ3n) is 6.81. The topological polar surface area (TPSA) is 79.9 Å². The Morgan fingerprint density at radius 3 is 2.48 bits per heavy atom. The Labute approximate surface area is 195 Å². The number of amides is 2. The fourth-order valence-corrected chi connectivity index (χ4v) is 5.03. The number of fused-ring (bicyclic) bond motifs is 1. The fourth-order valence-electron chi connectivity index (χ4n) is 5.03. The summed E-state index contributed by atoms with van der Waals surface area (Å²) >= 11 is 0. The third-order valence-corrected chi connectivity index (χ3v) is 6.81. The summed E-state index contributed by atoms with van der Waals surface area (Å²) in [5, 5.41) is 5.99. The zero-order chi connectivity index (χ0) is 23.2. The van der Waals surface area contributed by atoms with Crippen LogP contribution in [0.5, 0.6) is 11.5 Å². The van der Waals surface area contributed by atoms with E-state index in [4.69, 9.17) is 9.47 Å². The zero-order valence-electron chi connectivity index (χ0n) is 19.4. The Bertz CT molecular complexity index is 974. The minimum absolute atomic E-state index is 0.0716. The van der Waals surface area contributed by atoms with E-state index in [1.807, 2.05) is 0 Å². The second kappa shape index (κ2) is 10.7. The number of ether oxygens (including phenoxy) is 2. The van der Waals surface area contributed by atoms with Crippen molar-refractivity contribution in [1.29, 1.82) is 0 Å². The van der Waals surface area contributed by atoms with Crippen LogP contribution >= 0.6 is 0 Å². The molecule has 0 bridgehead atoms. The number of piperidine rings is 2. The van der Waals surface area contributed by atoms with Crippen LogP contribution in [-0.2, 0) is 0 Å². The summed E-state index contributed by atoms with van der Waals surface area (Å²) in [6.45, 7) is 3.12. The highest BCUT2D eigenvalue weighted by molar-refractivity contribution is 6.06. The molecular formula is C26H33N3O4. The second-order valence-corrected chi connectivity index (χ2v) is 8.81. The van der Waals surface area contributed by atoms with Crippen molar-refractivity contribution >= 4 is 17.5 Å². The molecule has 33 heavy (non-hydrogen) atoms. The summed E-state index contributed by atoms with van der Waals surface area (Å²) < 4.78 is 10.5. The number of carbonyl (C=O) groups excluding carboxylic acids is 2. The van der Waals surface area contributed by atoms with E-state index in [9.17, 15) is 9.59 Å². The summed E-state index contributed by atoms with van der Waals surface area (Å²) in [5.74, 6) is 1.21. The van der Waals surface area contributed by atoms with Gasteiger partial charge in [-0.1, -0.05) is 6.42 Å². The first-order valence-corrected chi connectivity index (χ1v) is 11.7. The van der Waals surface area contributed by atoms with Crippen LogP contribution in [0.1, 0.15) is 52.8 Å². The first-order chi connectivity index (χ1) is 16.1.